The van der Waals surface area contributed by atoms with Crippen LogP contribution >= 0.6 is 0 Å². The van der Waals surface area contributed by atoms with Crippen molar-refractivity contribution in [3.8, 4) is 0 Å². The highest BCUT2D eigenvalue weighted by atomic mass is 15.0. The first-order valence-electron chi connectivity index (χ1n) is 6.02. The fraction of sp³-hybridized carbons (Fsp3) is 1.00. The van der Waals surface area contributed by atoms with E-state index in [0.717, 1.165) is 25.7 Å². The van der Waals surface area contributed by atoms with Crippen LogP contribution in [0.3, 0.4) is 0 Å². The van der Waals surface area contributed by atoms with Crippen molar-refractivity contribution in [1.29, 1.82) is 0 Å². The molecule has 84 valence electrons. The van der Waals surface area contributed by atoms with Gasteiger partial charge in [0.15, 0.2) is 0 Å². The molecule has 1 aliphatic carbocycles. The normalized spacial score (nSPS) is 19.1. The van der Waals surface area contributed by atoms with Gasteiger partial charge in [-0.3, -0.25) is 0 Å². The molecule has 0 heterocycles. The lowest BCUT2D eigenvalue weighted by Crippen LogP contribution is -2.36. The van der Waals surface area contributed by atoms with E-state index in [1.807, 2.05) is 0 Å². The maximum Gasteiger partial charge on any atom is 0.00793 e. The molecule has 0 bridgehead atoms. The molecule has 1 rings (SSSR count). The van der Waals surface area contributed by atoms with Gasteiger partial charge in [-0.15, -0.1) is 0 Å². The van der Waals surface area contributed by atoms with Gasteiger partial charge in [-0.25, -0.2) is 0 Å². The molecule has 0 saturated heterocycles. The Morgan fingerprint density at radius 1 is 1.07 bits per heavy atom. The summed E-state index contributed by atoms with van der Waals surface area (Å²) in [4.78, 5) is 0. The average molecular weight is 198 g/mol. The minimum Gasteiger partial charge on any atom is -0.315 e. The van der Waals surface area contributed by atoms with Gasteiger partial charge in [0.1, 0.15) is 0 Å². The molecule has 0 amide bonds. The van der Waals surface area contributed by atoms with Crippen LogP contribution in [-0.2, 0) is 0 Å². The third-order valence-corrected chi connectivity index (χ3v) is 2.75. The Labute approximate surface area is 88.8 Å². The zero-order valence-corrected chi connectivity index (χ0v) is 10.0. The van der Waals surface area contributed by atoms with Gasteiger partial charge in [0.05, 0.1) is 0 Å². The molecule has 2 N–H and O–H groups in total. The zero-order chi connectivity index (χ0) is 10.4. The maximum absolute atomic E-state index is 3.61. The van der Waals surface area contributed by atoms with E-state index in [0.29, 0.717) is 5.41 Å². The molecule has 0 unspecified atom stereocenters. The molecule has 0 spiro atoms. The lowest BCUT2D eigenvalue weighted by atomic mass is 9.97. The third kappa shape index (κ3) is 5.61. The topological polar surface area (TPSA) is 24.1 Å². The largest absolute Gasteiger partial charge is 0.315 e. The van der Waals surface area contributed by atoms with Crippen LogP contribution in [0.5, 0.6) is 0 Å². The second-order valence-electron chi connectivity index (χ2n) is 5.67. The maximum atomic E-state index is 3.61. The van der Waals surface area contributed by atoms with Gasteiger partial charge in [0, 0.05) is 25.7 Å². The molecule has 0 aromatic carbocycles. The summed E-state index contributed by atoms with van der Waals surface area (Å²) >= 11 is 0. The lowest BCUT2D eigenvalue weighted by Gasteiger charge is -2.19. The molecule has 0 aromatic heterocycles. The summed E-state index contributed by atoms with van der Waals surface area (Å²) < 4.78 is 0. The Morgan fingerprint density at radius 2 is 1.71 bits per heavy atom. The van der Waals surface area contributed by atoms with Crippen LogP contribution in [0.4, 0.5) is 0 Å². The summed E-state index contributed by atoms with van der Waals surface area (Å²) in [7, 11) is 0. The van der Waals surface area contributed by atoms with Gasteiger partial charge in [0.2, 0.25) is 0 Å². The summed E-state index contributed by atoms with van der Waals surface area (Å²) in [5, 5.41) is 7.09. The molecule has 2 heteroatoms. The van der Waals surface area contributed by atoms with Gasteiger partial charge in [0.25, 0.3) is 0 Å². The Morgan fingerprint density at radius 3 is 2.29 bits per heavy atom. The van der Waals surface area contributed by atoms with Gasteiger partial charge in [-0.05, 0) is 18.3 Å². The molecule has 0 radical (unpaired) electrons. The molecule has 2 nitrogen and oxygen atoms in total. The van der Waals surface area contributed by atoms with Gasteiger partial charge in [-0.1, -0.05) is 33.6 Å². The smallest absolute Gasteiger partial charge is 0.00793 e. The van der Waals surface area contributed by atoms with Crippen molar-refractivity contribution in [3.63, 3.8) is 0 Å². The molecule has 1 saturated carbocycles. The first kappa shape index (κ1) is 12.0. The van der Waals surface area contributed by atoms with E-state index in [1.54, 1.807) is 0 Å². The Balaban J connectivity index is 1.89. The van der Waals surface area contributed by atoms with E-state index in [2.05, 4.69) is 31.4 Å². The summed E-state index contributed by atoms with van der Waals surface area (Å²) in [6.07, 6.45) is 5.62. The molecule has 1 aliphatic rings. The van der Waals surface area contributed by atoms with Crippen LogP contribution in [0.1, 0.15) is 46.5 Å². The van der Waals surface area contributed by atoms with E-state index in [-0.39, 0.29) is 0 Å². The fourth-order valence-electron chi connectivity index (χ4n) is 1.96. The van der Waals surface area contributed by atoms with Crippen molar-refractivity contribution in [2.75, 3.05) is 19.6 Å². The number of hydrogen-bond donors (Lipinski definition) is 2. The van der Waals surface area contributed by atoms with Crippen molar-refractivity contribution < 1.29 is 0 Å². The van der Waals surface area contributed by atoms with Crippen LogP contribution in [0.15, 0.2) is 0 Å². The van der Waals surface area contributed by atoms with Gasteiger partial charge < -0.3 is 10.6 Å². The highest BCUT2D eigenvalue weighted by molar-refractivity contribution is 4.74. The average Bonchev–Trinajstić information content (AvgIpc) is 2.54. The Hall–Kier alpha value is -0.0800. The van der Waals surface area contributed by atoms with Crippen LogP contribution in [0.2, 0.25) is 0 Å². The SMILES string of the molecule is CC(C)(C)CNCCNC1CCCC1. The number of nitrogens with one attached hydrogen (secondary N) is 2. The molecule has 0 aliphatic heterocycles. The van der Waals surface area contributed by atoms with Crippen LogP contribution in [0, 0.1) is 5.41 Å². The van der Waals surface area contributed by atoms with E-state index < -0.39 is 0 Å². The van der Waals surface area contributed by atoms with Crippen molar-refractivity contribution in [2.24, 2.45) is 5.41 Å². The number of hydrogen-bond acceptors (Lipinski definition) is 2. The molecule has 1 fully saturated rings. The van der Waals surface area contributed by atoms with Crippen molar-refractivity contribution >= 4 is 0 Å². The van der Waals surface area contributed by atoms with Crippen LogP contribution < -0.4 is 10.6 Å². The monoisotopic (exact) mass is 198 g/mol. The summed E-state index contributed by atoms with van der Waals surface area (Å²) in [6.45, 7) is 10.1. The molecule has 0 atom stereocenters. The van der Waals surface area contributed by atoms with Crippen molar-refractivity contribution in [2.45, 2.75) is 52.5 Å². The summed E-state index contributed by atoms with van der Waals surface area (Å²) in [6, 6.07) is 0.812. The molecule has 14 heavy (non-hydrogen) atoms. The van der Waals surface area contributed by atoms with E-state index >= 15 is 0 Å². The van der Waals surface area contributed by atoms with E-state index in [4.69, 9.17) is 0 Å². The highest BCUT2D eigenvalue weighted by Gasteiger charge is 2.13. The number of rotatable bonds is 5. The van der Waals surface area contributed by atoms with Crippen LogP contribution in [-0.4, -0.2) is 25.7 Å². The molecular formula is C12H26N2. The first-order chi connectivity index (χ1) is 6.58. The predicted octanol–water partition coefficient (Wildman–Crippen LogP) is 2.15. The lowest BCUT2D eigenvalue weighted by molar-refractivity contribution is 0.376. The minimum atomic E-state index is 0.410. The highest BCUT2D eigenvalue weighted by Crippen LogP contribution is 2.17. The fourth-order valence-corrected chi connectivity index (χ4v) is 1.96. The standard InChI is InChI=1S/C12H26N2/c1-12(2,3)10-13-8-9-14-11-6-4-5-7-11/h11,13-14H,4-10H2,1-3H3. The van der Waals surface area contributed by atoms with E-state index in [1.165, 1.54) is 25.7 Å². The van der Waals surface area contributed by atoms with Crippen LogP contribution in [0.25, 0.3) is 0 Å². The van der Waals surface area contributed by atoms with Gasteiger partial charge in [-0.2, -0.15) is 0 Å². The Bertz CT molecular complexity index is 143. The zero-order valence-electron chi connectivity index (χ0n) is 10.0. The Kier molecular flexibility index (Phi) is 4.90. The first-order valence-corrected chi connectivity index (χ1v) is 6.02. The predicted molar refractivity (Wildman–Crippen MR) is 62.6 cm³/mol. The summed E-state index contributed by atoms with van der Waals surface area (Å²) in [5.74, 6) is 0. The molecular weight excluding hydrogens is 172 g/mol. The second-order valence-corrected chi connectivity index (χ2v) is 5.67. The summed E-state index contributed by atoms with van der Waals surface area (Å²) in [5.41, 5.74) is 0.410. The third-order valence-electron chi connectivity index (χ3n) is 2.75. The quantitative estimate of drug-likeness (QED) is 0.662. The van der Waals surface area contributed by atoms with Crippen molar-refractivity contribution in [3.05, 3.63) is 0 Å². The van der Waals surface area contributed by atoms with Crippen molar-refractivity contribution in [1.82, 2.24) is 10.6 Å². The van der Waals surface area contributed by atoms with Gasteiger partial charge >= 0.3 is 0 Å². The van der Waals surface area contributed by atoms with E-state index in [9.17, 15) is 0 Å². The minimum absolute atomic E-state index is 0.410. The second kappa shape index (κ2) is 5.72. The molecule has 0 aromatic rings.